The topological polar surface area (TPSA) is 132 Å². The minimum Gasteiger partial charge on any atom is -0.493 e. The van der Waals surface area contributed by atoms with E-state index in [1.54, 1.807) is 31.0 Å². The van der Waals surface area contributed by atoms with Crippen molar-refractivity contribution in [2.24, 2.45) is 0 Å². The van der Waals surface area contributed by atoms with Gasteiger partial charge in [-0.25, -0.2) is 14.4 Å². The van der Waals surface area contributed by atoms with E-state index in [0.29, 0.717) is 43.1 Å². The molecule has 0 aliphatic carbocycles. The van der Waals surface area contributed by atoms with Crippen molar-refractivity contribution in [2.45, 2.75) is 32.7 Å². The number of hydrogen-bond donors (Lipinski definition) is 3. The third kappa shape index (κ3) is 9.98. The lowest BCUT2D eigenvalue weighted by molar-refractivity contribution is -0.135. The average molecular weight is 587 g/mol. The molecule has 1 atom stereocenters. The lowest BCUT2D eigenvalue weighted by Crippen LogP contribution is -2.45. The van der Waals surface area contributed by atoms with Gasteiger partial charge in [-0.2, -0.15) is 0 Å². The SMILES string of the molecule is CCc1nc(C(=O)NC)c(Nc2cc(F)cc(OCCCNC(=O)C(C)N(C)C(=O)/C=C/CN(C)C)c2)nc1N(C)C. The van der Waals surface area contributed by atoms with Gasteiger partial charge in [0, 0.05) is 65.2 Å². The van der Waals surface area contributed by atoms with Crippen LogP contribution in [-0.2, 0) is 16.0 Å². The van der Waals surface area contributed by atoms with Crippen molar-refractivity contribution in [2.75, 3.05) is 72.2 Å². The van der Waals surface area contributed by atoms with Gasteiger partial charge in [-0.05, 0) is 39.9 Å². The van der Waals surface area contributed by atoms with Crippen LogP contribution >= 0.6 is 0 Å². The number of rotatable bonds is 15. The molecule has 1 unspecified atom stereocenters. The summed E-state index contributed by atoms with van der Waals surface area (Å²) in [6.45, 7) is 4.72. The number of amides is 3. The molecular formula is C29H43FN8O4. The maximum Gasteiger partial charge on any atom is 0.273 e. The van der Waals surface area contributed by atoms with Crippen LogP contribution in [0.15, 0.2) is 30.4 Å². The van der Waals surface area contributed by atoms with Gasteiger partial charge in [0.05, 0.1) is 12.3 Å². The molecule has 0 spiro atoms. The highest BCUT2D eigenvalue weighted by Crippen LogP contribution is 2.27. The first-order valence-corrected chi connectivity index (χ1v) is 13.7. The number of hydrogen-bond acceptors (Lipinski definition) is 9. The van der Waals surface area contributed by atoms with Crippen molar-refractivity contribution in [3.8, 4) is 5.75 Å². The minimum atomic E-state index is -0.651. The number of carbonyl (C=O) groups excluding carboxylic acids is 3. The Bertz CT molecular complexity index is 1270. The number of aromatic nitrogens is 2. The van der Waals surface area contributed by atoms with Gasteiger partial charge in [0.1, 0.15) is 17.6 Å². The van der Waals surface area contributed by atoms with Crippen LogP contribution in [0.1, 0.15) is 36.5 Å². The highest BCUT2D eigenvalue weighted by Gasteiger charge is 2.21. The van der Waals surface area contributed by atoms with Gasteiger partial charge >= 0.3 is 0 Å². The lowest BCUT2D eigenvalue weighted by atomic mass is 10.2. The fourth-order valence-electron chi connectivity index (χ4n) is 3.75. The lowest BCUT2D eigenvalue weighted by Gasteiger charge is -2.23. The minimum absolute atomic E-state index is 0.0913. The Morgan fingerprint density at radius 3 is 2.43 bits per heavy atom. The second-order valence-corrected chi connectivity index (χ2v) is 10.1. The Labute approximate surface area is 247 Å². The van der Waals surface area contributed by atoms with Crippen LogP contribution in [0.4, 0.5) is 21.7 Å². The molecule has 2 rings (SSSR count). The molecule has 0 bridgehead atoms. The number of anilines is 3. The normalized spacial score (nSPS) is 11.8. The van der Waals surface area contributed by atoms with Crippen molar-refractivity contribution >= 4 is 35.0 Å². The van der Waals surface area contributed by atoms with Gasteiger partial charge in [0.2, 0.25) is 11.8 Å². The molecule has 0 aliphatic rings. The summed E-state index contributed by atoms with van der Waals surface area (Å²) in [5.41, 5.74) is 1.07. The van der Waals surface area contributed by atoms with E-state index in [4.69, 9.17) is 4.74 Å². The van der Waals surface area contributed by atoms with Crippen molar-refractivity contribution in [1.82, 2.24) is 30.4 Å². The zero-order valence-corrected chi connectivity index (χ0v) is 25.7. The van der Waals surface area contributed by atoms with E-state index in [9.17, 15) is 18.8 Å². The molecule has 3 amide bonds. The Kier molecular flexibility index (Phi) is 13.1. The summed E-state index contributed by atoms with van der Waals surface area (Å²) in [6.07, 6.45) is 4.22. The molecule has 1 heterocycles. The van der Waals surface area contributed by atoms with Crippen LogP contribution in [0.2, 0.25) is 0 Å². The third-order valence-electron chi connectivity index (χ3n) is 6.21. The Hall–Kier alpha value is -4.26. The number of aryl methyl sites for hydroxylation is 1. The van der Waals surface area contributed by atoms with Crippen LogP contribution in [0.5, 0.6) is 5.75 Å². The number of nitrogens with one attached hydrogen (secondary N) is 3. The predicted molar refractivity (Wildman–Crippen MR) is 162 cm³/mol. The maximum absolute atomic E-state index is 14.5. The fourth-order valence-corrected chi connectivity index (χ4v) is 3.75. The quantitative estimate of drug-likeness (QED) is 0.212. The molecule has 0 saturated heterocycles. The van der Waals surface area contributed by atoms with Crippen LogP contribution in [0.3, 0.4) is 0 Å². The summed E-state index contributed by atoms with van der Waals surface area (Å²) in [5.74, 6) is -0.482. The molecule has 13 heteroatoms. The van der Waals surface area contributed by atoms with E-state index < -0.39 is 17.8 Å². The van der Waals surface area contributed by atoms with E-state index in [2.05, 4.69) is 25.9 Å². The van der Waals surface area contributed by atoms with E-state index in [0.717, 1.165) is 0 Å². The first-order chi connectivity index (χ1) is 19.9. The molecule has 1 aromatic heterocycles. The molecular weight excluding hydrogens is 543 g/mol. The van der Waals surface area contributed by atoms with Crippen molar-refractivity contribution < 1.29 is 23.5 Å². The van der Waals surface area contributed by atoms with E-state index in [1.165, 1.54) is 30.2 Å². The number of likely N-dealkylation sites (N-methyl/N-ethyl adjacent to an activating group) is 2. The first-order valence-electron chi connectivity index (χ1n) is 13.7. The van der Waals surface area contributed by atoms with Crippen LogP contribution < -0.4 is 25.6 Å². The monoisotopic (exact) mass is 586 g/mol. The van der Waals surface area contributed by atoms with Gasteiger partial charge in [-0.15, -0.1) is 0 Å². The second-order valence-electron chi connectivity index (χ2n) is 10.1. The largest absolute Gasteiger partial charge is 0.493 e. The number of nitrogens with zero attached hydrogens (tertiary/aromatic N) is 5. The van der Waals surface area contributed by atoms with E-state index in [-0.39, 0.29) is 35.7 Å². The Morgan fingerprint density at radius 2 is 1.81 bits per heavy atom. The molecule has 12 nitrogen and oxygen atoms in total. The third-order valence-corrected chi connectivity index (χ3v) is 6.21. The fraction of sp³-hybridized carbons (Fsp3) is 0.483. The standard InChI is InChI=1S/C29H43FN8O4/c1-9-23-27(37(6)7)35-26(25(34-23)29(41)31-3)33-21-16-20(30)17-22(18-21)42-15-11-13-32-28(40)19(2)38(8)24(39)12-10-14-36(4)5/h10,12,16-19H,9,11,13-15H2,1-8H3,(H,31,41)(H,32,40)(H,33,35)/b12-10+. The zero-order valence-electron chi connectivity index (χ0n) is 25.7. The maximum atomic E-state index is 14.5. The Morgan fingerprint density at radius 1 is 1.10 bits per heavy atom. The van der Waals surface area contributed by atoms with Gasteiger partial charge in [0.25, 0.3) is 5.91 Å². The first kappa shape index (κ1) is 33.9. The molecule has 0 saturated carbocycles. The Balaban J connectivity index is 1.99. The number of halogens is 1. The molecule has 42 heavy (non-hydrogen) atoms. The molecule has 2 aromatic rings. The molecule has 1 aromatic carbocycles. The van der Waals surface area contributed by atoms with Crippen molar-refractivity contribution in [1.29, 1.82) is 0 Å². The van der Waals surface area contributed by atoms with Crippen molar-refractivity contribution in [3.63, 3.8) is 0 Å². The molecule has 3 N–H and O–H groups in total. The van der Waals surface area contributed by atoms with Crippen LogP contribution in [-0.4, -0.2) is 106 Å². The summed E-state index contributed by atoms with van der Waals surface area (Å²) in [7, 11) is 10.5. The van der Waals surface area contributed by atoms with Gasteiger partial charge in [-0.1, -0.05) is 13.0 Å². The zero-order chi connectivity index (χ0) is 31.4. The van der Waals surface area contributed by atoms with E-state index in [1.807, 2.05) is 40.0 Å². The average Bonchev–Trinajstić information content (AvgIpc) is 2.94. The summed E-state index contributed by atoms with van der Waals surface area (Å²) >= 11 is 0. The highest BCUT2D eigenvalue weighted by molar-refractivity contribution is 5.97. The molecule has 0 fully saturated rings. The van der Waals surface area contributed by atoms with Gasteiger partial charge in [-0.3, -0.25) is 14.4 Å². The number of carbonyl (C=O) groups is 3. The highest BCUT2D eigenvalue weighted by atomic mass is 19.1. The molecule has 0 radical (unpaired) electrons. The number of benzene rings is 1. The summed E-state index contributed by atoms with van der Waals surface area (Å²) in [5, 5.41) is 8.36. The smallest absolute Gasteiger partial charge is 0.273 e. The molecule has 230 valence electrons. The van der Waals surface area contributed by atoms with E-state index >= 15 is 0 Å². The predicted octanol–water partition coefficient (Wildman–Crippen LogP) is 2.20. The summed E-state index contributed by atoms with van der Waals surface area (Å²) < 4.78 is 20.2. The van der Waals surface area contributed by atoms with Crippen LogP contribution in [0.25, 0.3) is 0 Å². The van der Waals surface area contributed by atoms with Gasteiger partial charge < -0.3 is 35.4 Å². The summed E-state index contributed by atoms with van der Waals surface area (Å²) in [4.78, 5) is 51.5. The molecule has 0 aliphatic heterocycles. The summed E-state index contributed by atoms with van der Waals surface area (Å²) in [6, 6.07) is 3.45. The van der Waals surface area contributed by atoms with Crippen LogP contribution in [0, 0.1) is 5.82 Å². The van der Waals surface area contributed by atoms with Crippen molar-refractivity contribution in [3.05, 3.63) is 47.6 Å². The number of ether oxygens (including phenoxy) is 1. The van der Waals surface area contributed by atoms with Gasteiger partial charge in [0.15, 0.2) is 17.3 Å². The second kappa shape index (κ2) is 16.2.